The highest BCUT2D eigenvalue weighted by Gasteiger charge is 2.23. The van der Waals surface area contributed by atoms with Gasteiger partial charge in [0, 0.05) is 22.8 Å². The second-order valence-electron chi connectivity index (χ2n) is 7.78. The number of para-hydroxylation sites is 1. The Morgan fingerprint density at radius 3 is 2.19 bits per heavy atom. The maximum Gasteiger partial charge on any atom is 0.244 e. The number of carbonyl (C=O) groups is 1. The van der Waals surface area contributed by atoms with Crippen molar-refractivity contribution in [3.8, 4) is 0 Å². The number of nitrogens with one attached hydrogen (secondary N) is 1. The second kappa shape index (κ2) is 8.04. The number of nitrogens with zero attached hydrogens (tertiary/aromatic N) is 1. The first-order valence-electron chi connectivity index (χ1n) is 10.0. The first-order valence-corrected chi connectivity index (χ1v) is 11.5. The zero-order chi connectivity index (χ0) is 22.2. The summed E-state index contributed by atoms with van der Waals surface area (Å²) < 4.78 is 28.2. The lowest BCUT2D eigenvalue weighted by Crippen LogP contribution is -2.19. The standard InChI is InChI=1S/C25H24N2O3S/c1-17-13-18(2)25(19(3)14-17)26-24(28)16-27-15-23(21-11-7-8-12-22(21)27)31(29,30)20-9-5-4-6-10-20/h4-15H,16H2,1-3H3,(H,26,28). The fourth-order valence-electron chi connectivity index (χ4n) is 4.00. The molecular formula is C25H24N2O3S. The Hall–Kier alpha value is -3.38. The van der Waals surface area contributed by atoms with Gasteiger partial charge in [0.05, 0.1) is 9.79 Å². The van der Waals surface area contributed by atoms with Gasteiger partial charge in [-0.1, -0.05) is 54.1 Å². The van der Waals surface area contributed by atoms with Gasteiger partial charge in [0.2, 0.25) is 15.7 Å². The van der Waals surface area contributed by atoms with Crippen molar-refractivity contribution in [2.24, 2.45) is 0 Å². The van der Waals surface area contributed by atoms with Gasteiger partial charge >= 0.3 is 0 Å². The van der Waals surface area contributed by atoms with Crippen molar-refractivity contribution >= 4 is 32.3 Å². The van der Waals surface area contributed by atoms with E-state index in [1.165, 1.54) is 0 Å². The van der Waals surface area contributed by atoms with E-state index in [1.54, 1.807) is 53.2 Å². The van der Waals surface area contributed by atoms with Crippen LogP contribution >= 0.6 is 0 Å². The molecule has 158 valence electrons. The van der Waals surface area contributed by atoms with Crippen molar-refractivity contribution < 1.29 is 13.2 Å². The van der Waals surface area contributed by atoms with Crippen molar-refractivity contribution in [3.63, 3.8) is 0 Å². The molecule has 1 heterocycles. The number of hydrogen-bond acceptors (Lipinski definition) is 3. The molecule has 1 aromatic heterocycles. The maximum atomic E-state index is 13.2. The SMILES string of the molecule is Cc1cc(C)c(NC(=O)Cn2cc(S(=O)(=O)c3ccccc3)c3ccccc32)c(C)c1. The van der Waals surface area contributed by atoms with E-state index in [-0.39, 0.29) is 22.2 Å². The van der Waals surface area contributed by atoms with Crippen LogP contribution in [0, 0.1) is 20.8 Å². The summed E-state index contributed by atoms with van der Waals surface area (Å²) in [5.41, 5.74) is 4.62. The molecule has 4 aromatic rings. The zero-order valence-electron chi connectivity index (χ0n) is 17.7. The highest BCUT2D eigenvalue weighted by Crippen LogP contribution is 2.30. The molecule has 31 heavy (non-hydrogen) atoms. The van der Waals surface area contributed by atoms with E-state index >= 15 is 0 Å². The van der Waals surface area contributed by atoms with E-state index in [0.29, 0.717) is 10.9 Å². The lowest BCUT2D eigenvalue weighted by Gasteiger charge is -2.13. The molecule has 0 saturated carbocycles. The number of anilines is 1. The van der Waals surface area contributed by atoms with Crippen LogP contribution in [0.1, 0.15) is 16.7 Å². The molecule has 0 saturated heterocycles. The summed E-state index contributed by atoms with van der Waals surface area (Å²) in [4.78, 5) is 13.3. The molecule has 0 bridgehead atoms. The molecule has 5 nitrogen and oxygen atoms in total. The van der Waals surface area contributed by atoms with Crippen LogP contribution in [0.5, 0.6) is 0 Å². The van der Waals surface area contributed by atoms with Gasteiger partial charge in [-0.05, 0) is 50.1 Å². The third-order valence-electron chi connectivity index (χ3n) is 5.35. The van der Waals surface area contributed by atoms with Crippen molar-refractivity contribution in [1.29, 1.82) is 0 Å². The van der Waals surface area contributed by atoms with Crippen LogP contribution in [0.4, 0.5) is 5.69 Å². The highest BCUT2D eigenvalue weighted by atomic mass is 32.2. The Morgan fingerprint density at radius 2 is 1.52 bits per heavy atom. The topological polar surface area (TPSA) is 68.2 Å². The summed E-state index contributed by atoms with van der Waals surface area (Å²) in [5.74, 6) is -0.209. The molecule has 0 aliphatic carbocycles. The van der Waals surface area contributed by atoms with E-state index < -0.39 is 9.84 Å². The number of fused-ring (bicyclic) bond motifs is 1. The number of rotatable bonds is 5. The van der Waals surface area contributed by atoms with Crippen LogP contribution in [0.25, 0.3) is 10.9 Å². The fourth-order valence-corrected chi connectivity index (χ4v) is 5.49. The molecule has 0 fully saturated rings. The van der Waals surface area contributed by atoms with Gasteiger partial charge in [-0.3, -0.25) is 4.79 Å². The minimum atomic E-state index is -3.71. The van der Waals surface area contributed by atoms with Crippen LogP contribution in [0.2, 0.25) is 0 Å². The number of carbonyl (C=O) groups excluding carboxylic acids is 1. The van der Waals surface area contributed by atoms with Crippen LogP contribution in [-0.2, 0) is 21.2 Å². The van der Waals surface area contributed by atoms with Crippen LogP contribution in [-0.4, -0.2) is 18.9 Å². The summed E-state index contributed by atoms with van der Waals surface area (Å²) in [6.07, 6.45) is 1.56. The van der Waals surface area contributed by atoms with Crippen LogP contribution < -0.4 is 5.32 Å². The van der Waals surface area contributed by atoms with Gasteiger partial charge < -0.3 is 9.88 Å². The molecule has 0 spiro atoms. The Labute approximate surface area is 182 Å². The first-order chi connectivity index (χ1) is 14.8. The van der Waals surface area contributed by atoms with E-state index in [2.05, 4.69) is 5.32 Å². The van der Waals surface area contributed by atoms with E-state index in [0.717, 1.165) is 22.4 Å². The van der Waals surface area contributed by atoms with Gasteiger partial charge in [0.25, 0.3) is 0 Å². The zero-order valence-corrected chi connectivity index (χ0v) is 18.5. The van der Waals surface area contributed by atoms with Crippen LogP contribution in [0.15, 0.2) is 82.7 Å². The number of hydrogen-bond donors (Lipinski definition) is 1. The molecule has 4 rings (SSSR count). The third-order valence-corrected chi connectivity index (χ3v) is 7.15. The van der Waals surface area contributed by atoms with Crippen LogP contribution in [0.3, 0.4) is 0 Å². The van der Waals surface area contributed by atoms with E-state index in [4.69, 9.17) is 0 Å². The predicted octanol–water partition coefficient (Wildman–Crippen LogP) is 5.04. The summed E-state index contributed by atoms with van der Waals surface area (Å²) in [6, 6.07) is 19.6. The first kappa shape index (κ1) is 20.9. The number of aromatic nitrogens is 1. The number of amides is 1. The minimum Gasteiger partial charge on any atom is -0.337 e. The van der Waals surface area contributed by atoms with E-state index in [9.17, 15) is 13.2 Å². The lowest BCUT2D eigenvalue weighted by molar-refractivity contribution is -0.116. The molecule has 0 unspecified atom stereocenters. The lowest BCUT2D eigenvalue weighted by atomic mass is 10.1. The molecule has 6 heteroatoms. The normalized spacial score (nSPS) is 11.6. The van der Waals surface area contributed by atoms with E-state index in [1.807, 2.05) is 45.0 Å². The van der Waals surface area contributed by atoms with Crippen molar-refractivity contribution in [1.82, 2.24) is 4.57 Å². The molecule has 0 atom stereocenters. The summed E-state index contributed by atoms with van der Waals surface area (Å²) in [6.45, 7) is 5.96. The number of aryl methyl sites for hydroxylation is 3. The Balaban J connectivity index is 1.71. The van der Waals surface area contributed by atoms with Crippen molar-refractivity contribution in [3.05, 3.63) is 89.6 Å². The maximum absolute atomic E-state index is 13.2. The van der Waals surface area contributed by atoms with Gasteiger partial charge in [0.15, 0.2) is 0 Å². The molecule has 0 aliphatic heterocycles. The molecule has 1 N–H and O–H groups in total. The Morgan fingerprint density at radius 1 is 0.903 bits per heavy atom. The highest BCUT2D eigenvalue weighted by molar-refractivity contribution is 7.91. The van der Waals surface area contributed by atoms with Gasteiger partial charge in [-0.15, -0.1) is 0 Å². The van der Waals surface area contributed by atoms with Crippen molar-refractivity contribution in [2.45, 2.75) is 37.1 Å². The monoisotopic (exact) mass is 432 g/mol. The average molecular weight is 433 g/mol. The molecular weight excluding hydrogens is 408 g/mol. The second-order valence-corrected chi connectivity index (χ2v) is 9.69. The largest absolute Gasteiger partial charge is 0.337 e. The minimum absolute atomic E-state index is 0.0115. The Kier molecular flexibility index (Phi) is 5.41. The van der Waals surface area contributed by atoms with Crippen molar-refractivity contribution in [2.75, 3.05) is 5.32 Å². The summed E-state index contributed by atoms with van der Waals surface area (Å²) >= 11 is 0. The Bertz CT molecular complexity index is 1360. The molecule has 3 aromatic carbocycles. The van der Waals surface area contributed by atoms with Gasteiger partial charge in [-0.25, -0.2) is 8.42 Å². The average Bonchev–Trinajstić information content (AvgIpc) is 3.10. The molecule has 0 radical (unpaired) electrons. The third kappa shape index (κ3) is 3.99. The smallest absolute Gasteiger partial charge is 0.244 e. The van der Waals surface area contributed by atoms with Gasteiger partial charge in [0.1, 0.15) is 6.54 Å². The van der Waals surface area contributed by atoms with Gasteiger partial charge in [-0.2, -0.15) is 0 Å². The summed E-state index contributed by atoms with van der Waals surface area (Å²) in [5, 5.41) is 3.59. The number of sulfone groups is 1. The molecule has 0 aliphatic rings. The quantitative estimate of drug-likeness (QED) is 0.480. The molecule has 1 amide bonds. The predicted molar refractivity (Wildman–Crippen MR) is 123 cm³/mol. The number of benzene rings is 3. The fraction of sp³-hybridized carbons (Fsp3) is 0.160. The summed E-state index contributed by atoms with van der Waals surface area (Å²) in [7, 11) is -3.71.